The number of thioether (sulfide) groups is 1. The maximum atomic E-state index is 13.6. The molecule has 3 rings (SSSR count). The first kappa shape index (κ1) is 22.4. The number of aryl methyl sites for hydroxylation is 1. The van der Waals surface area contributed by atoms with Crippen molar-refractivity contribution >= 4 is 23.4 Å². The molecule has 3 aromatic rings. The van der Waals surface area contributed by atoms with Crippen molar-refractivity contribution in [2.24, 2.45) is 0 Å². The summed E-state index contributed by atoms with van der Waals surface area (Å²) in [6.45, 7) is 1.66. The Balaban J connectivity index is 1.66. The Morgan fingerprint density at radius 1 is 1.00 bits per heavy atom. The summed E-state index contributed by atoms with van der Waals surface area (Å²) in [6.07, 6.45) is 0. The molecule has 0 saturated heterocycles. The van der Waals surface area contributed by atoms with Gasteiger partial charge in [0, 0.05) is 11.3 Å². The van der Waals surface area contributed by atoms with Crippen LogP contribution in [0.1, 0.15) is 5.56 Å². The van der Waals surface area contributed by atoms with E-state index < -0.39 is 0 Å². The van der Waals surface area contributed by atoms with Gasteiger partial charge in [-0.15, -0.1) is 10.2 Å². The molecule has 0 radical (unpaired) electrons. The molecule has 1 N–H and O–H groups in total. The van der Waals surface area contributed by atoms with E-state index in [-0.39, 0.29) is 17.5 Å². The molecule has 7 nitrogen and oxygen atoms in total. The third-order valence-electron chi connectivity index (χ3n) is 4.41. The summed E-state index contributed by atoms with van der Waals surface area (Å²) >= 11 is 1.23. The van der Waals surface area contributed by atoms with Gasteiger partial charge in [0.2, 0.25) is 11.7 Å². The maximum Gasteiger partial charge on any atom is 0.234 e. The average molecular weight is 444 g/mol. The lowest BCUT2D eigenvalue weighted by molar-refractivity contribution is -0.113. The number of hydrogen-bond acceptors (Lipinski definition) is 7. The van der Waals surface area contributed by atoms with Crippen LogP contribution >= 0.6 is 11.8 Å². The lowest BCUT2D eigenvalue weighted by Gasteiger charge is -2.13. The van der Waals surface area contributed by atoms with Crippen molar-refractivity contribution in [2.45, 2.75) is 11.9 Å². The van der Waals surface area contributed by atoms with E-state index in [1.54, 1.807) is 57.5 Å². The number of ether oxygens (including phenoxy) is 3. The molecule has 31 heavy (non-hydrogen) atoms. The Morgan fingerprint density at radius 2 is 1.71 bits per heavy atom. The number of nitrogens with one attached hydrogen (secondary N) is 1. The van der Waals surface area contributed by atoms with Crippen molar-refractivity contribution in [3.63, 3.8) is 0 Å². The number of nitrogens with zero attached hydrogens (tertiary/aromatic N) is 2. The summed E-state index contributed by atoms with van der Waals surface area (Å²) in [6, 6.07) is 11.7. The zero-order valence-corrected chi connectivity index (χ0v) is 18.4. The van der Waals surface area contributed by atoms with Crippen LogP contribution < -0.4 is 19.5 Å². The first-order chi connectivity index (χ1) is 14.9. The maximum absolute atomic E-state index is 13.6. The number of amides is 1. The molecular formula is C22H22FN3O4S. The van der Waals surface area contributed by atoms with Gasteiger partial charge in [-0.2, -0.15) is 0 Å². The molecular weight excluding hydrogens is 421 g/mol. The summed E-state index contributed by atoms with van der Waals surface area (Å²) in [7, 11) is 4.63. The van der Waals surface area contributed by atoms with Crippen LogP contribution in [0.3, 0.4) is 0 Å². The van der Waals surface area contributed by atoms with E-state index >= 15 is 0 Å². The van der Waals surface area contributed by atoms with Gasteiger partial charge in [0.1, 0.15) is 10.8 Å². The second-order valence-electron chi connectivity index (χ2n) is 6.47. The van der Waals surface area contributed by atoms with E-state index in [0.717, 1.165) is 5.56 Å². The molecule has 0 spiro atoms. The van der Waals surface area contributed by atoms with Gasteiger partial charge in [0.25, 0.3) is 0 Å². The Bertz CT molecular complexity index is 1050. The van der Waals surface area contributed by atoms with Crippen molar-refractivity contribution in [1.82, 2.24) is 10.2 Å². The number of carbonyl (C=O) groups excluding carboxylic acids is 1. The number of halogens is 1. The van der Waals surface area contributed by atoms with Crippen molar-refractivity contribution in [2.75, 3.05) is 32.4 Å². The van der Waals surface area contributed by atoms with Crippen LogP contribution in [0.15, 0.2) is 47.5 Å². The summed E-state index contributed by atoms with van der Waals surface area (Å²) in [5.74, 6) is 1.02. The molecule has 2 aromatic carbocycles. The molecule has 0 bridgehead atoms. The third kappa shape index (κ3) is 5.43. The lowest BCUT2D eigenvalue weighted by Crippen LogP contribution is -2.14. The monoisotopic (exact) mass is 443 g/mol. The molecule has 0 saturated carbocycles. The van der Waals surface area contributed by atoms with Gasteiger partial charge in [0.15, 0.2) is 11.5 Å². The zero-order chi connectivity index (χ0) is 22.4. The Morgan fingerprint density at radius 3 is 2.26 bits per heavy atom. The fraction of sp³-hybridized carbons (Fsp3) is 0.227. The summed E-state index contributed by atoms with van der Waals surface area (Å²) in [5.41, 5.74) is 2.30. The summed E-state index contributed by atoms with van der Waals surface area (Å²) < 4.78 is 29.7. The highest BCUT2D eigenvalue weighted by atomic mass is 32.2. The van der Waals surface area contributed by atoms with E-state index in [1.165, 1.54) is 24.9 Å². The topological polar surface area (TPSA) is 82.6 Å². The van der Waals surface area contributed by atoms with E-state index in [0.29, 0.717) is 39.2 Å². The molecule has 1 heterocycles. The summed E-state index contributed by atoms with van der Waals surface area (Å²) in [5, 5.41) is 11.7. The largest absolute Gasteiger partial charge is 0.493 e. The molecule has 0 aliphatic rings. The standard InChI is InChI=1S/C22H22FN3O4S/c1-13-5-6-15(11-16(13)23)24-20(27)12-31-21-8-7-17(25-26-21)14-9-18(28-2)22(30-4)19(10-14)29-3/h5-11H,12H2,1-4H3,(H,24,27). The Kier molecular flexibility index (Phi) is 7.30. The predicted molar refractivity (Wildman–Crippen MR) is 118 cm³/mol. The van der Waals surface area contributed by atoms with E-state index in [4.69, 9.17) is 14.2 Å². The van der Waals surface area contributed by atoms with Gasteiger partial charge in [-0.1, -0.05) is 17.8 Å². The van der Waals surface area contributed by atoms with E-state index in [9.17, 15) is 9.18 Å². The molecule has 0 unspecified atom stereocenters. The average Bonchev–Trinajstić information content (AvgIpc) is 2.79. The van der Waals surface area contributed by atoms with Gasteiger partial charge < -0.3 is 19.5 Å². The van der Waals surface area contributed by atoms with Crippen LogP contribution in [0.2, 0.25) is 0 Å². The van der Waals surface area contributed by atoms with E-state index in [1.807, 2.05) is 0 Å². The minimum absolute atomic E-state index is 0.119. The van der Waals surface area contributed by atoms with Crippen molar-refractivity contribution in [3.05, 3.63) is 53.8 Å². The lowest BCUT2D eigenvalue weighted by atomic mass is 10.1. The van der Waals surface area contributed by atoms with Gasteiger partial charge in [-0.25, -0.2) is 4.39 Å². The first-order valence-electron chi connectivity index (χ1n) is 9.28. The number of benzene rings is 2. The number of rotatable bonds is 8. The first-order valence-corrected chi connectivity index (χ1v) is 10.3. The van der Waals surface area contributed by atoms with Gasteiger partial charge in [-0.3, -0.25) is 4.79 Å². The van der Waals surface area contributed by atoms with Gasteiger partial charge in [0.05, 0.1) is 32.8 Å². The number of carbonyl (C=O) groups is 1. The van der Waals surface area contributed by atoms with E-state index in [2.05, 4.69) is 15.5 Å². The fourth-order valence-electron chi connectivity index (χ4n) is 2.79. The number of aromatic nitrogens is 2. The van der Waals surface area contributed by atoms with Crippen molar-refractivity contribution in [1.29, 1.82) is 0 Å². The molecule has 0 atom stereocenters. The van der Waals surface area contributed by atoms with Crippen molar-refractivity contribution < 1.29 is 23.4 Å². The molecule has 162 valence electrons. The number of methoxy groups -OCH3 is 3. The molecule has 1 aromatic heterocycles. The van der Waals surface area contributed by atoms with Crippen LogP contribution in [0, 0.1) is 12.7 Å². The number of anilines is 1. The normalized spacial score (nSPS) is 10.5. The van der Waals surface area contributed by atoms with Crippen LogP contribution in [0.4, 0.5) is 10.1 Å². The van der Waals surface area contributed by atoms with Crippen LogP contribution in [0.5, 0.6) is 17.2 Å². The van der Waals surface area contributed by atoms with Gasteiger partial charge >= 0.3 is 0 Å². The highest BCUT2D eigenvalue weighted by molar-refractivity contribution is 7.99. The smallest absolute Gasteiger partial charge is 0.234 e. The quantitative estimate of drug-likeness (QED) is 0.518. The second kappa shape index (κ2) is 10.1. The highest BCUT2D eigenvalue weighted by Gasteiger charge is 2.15. The molecule has 0 aliphatic heterocycles. The third-order valence-corrected chi connectivity index (χ3v) is 5.33. The predicted octanol–water partition coefficient (Wildman–Crippen LogP) is 4.35. The Labute approximate surface area is 183 Å². The molecule has 0 fully saturated rings. The zero-order valence-electron chi connectivity index (χ0n) is 17.6. The Hall–Kier alpha value is -3.33. The second-order valence-corrected chi connectivity index (χ2v) is 7.47. The number of hydrogen-bond donors (Lipinski definition) is 1. The summed E-state index contributed by atoms with van der Waals surface area (Å²) in [4.78, 5) is 12.1. The van der Waals surface area contributed by atoms with Crippen molar-refractivity contribution in [3.8, 4) is 28.5 Å². The highest BCUT2D eigenvalue weighted by Crippen LogP contribution is 2.40. The fourth-order valence-corrected chi connectivity index (χ4v) is 3.40. The van der Waals surface area contributed by atoms with Crippen LogP contribution in [0.25, 0.3) is 11.3 Å². The van der Waals surface area contributed by atoms with Gasteiger partial charge in [-0.05, 0) is 48.9 Å². The minimum atomic E-state index is -0.362. The van der Waals surface area contributed by atoms with Crippen LogP contribution in [-0.4, -0.2) is 43.2 Å². The molecule has 1 amide bonds. The SMILES string of the molecule is COc1cc(-c2ccc(SCC(=O)Nc3ccc(C)c(F)c3)nn2)cc(OC)c1OC. The minimum Gasteiger partial charge on any atom is -0.493 e. The molecule has 9 heteroatoms. The molecule has 0 aliphatic carbocycles. The van der Waals surface area contributed by atoms with Crippen LogP contribution in [-0.2, 0) is 4.79 Å².